The molecule has 3 aromatic carbocycles. The molecule has 1 aromatic heterocycles. The summed E-state index contributed by atoms with van der Waals surface area (Å²) in [6.45, 7) is 0.134. The highest BCUT2D eigenvalue weighted by atomic mass is 35.5. The lowest BCUT2D eigenvalue weighted by Crippen LogP contribution is -2.24. The minimum atomic E-state index is -4.48. The summed E-state index contributed by atoms with van der Waals surface area (Å²) < 4.78 is 46.4. The molecular weight excluding hydrogens is 445 g/mol. The molecule has 0 amide bonds. The topological polar surface area (TPSA) is 53.2 Å². The molecule has 164 valence electrons. The highest BCUT2D eigenvalue weighted by molar-refractivity contribution is 6.31. The summed E-state index contributed by atoms with van der Waals surface area (Å²) in [4.78, 5) is 25.2. The van der Waals surface area contributed by atoms with E-state index in [0.29, 0.717) is 27.2 Å². The van der Waals surface area contributed by atoms with Crippen molar-refractivity contribution < 1.29 is 22.7 Å². The van der Waals surface area contributed by atoms with E-state index in [1.807, 2.05) is 0 Å². The minimum Gasteiger partial charge on any atom is -0.465 e. The number of rotatable bonds is 4. The lowest BCUT2D eigenvalue weighted by Gasteiger charge is -2.08. The van der Waals surface area contributed by atoms with Gasteiger partial charge in [-0.2, -0.15) is 13.2 Å². The Morgan fingerprint density at radius 3 is 2.38 bits per heavy atom. The Morgan fingerprint density at radius 1 is 1.00 bits per heavy atom. The number of carbonyl (C=O) groups is 1. The summed E-state index contributed by atoms with van der Waals surface area (Å²) in [5.74, 6) is -0.502. The first-order valence-corrected chi connectivity index (χ1v) is 9.82. The molecule has 1 heterocycles. The standard InChI is InChI=1S/C23H16ClF3N2O3/c1-32-21(30)15-4-2-3-14(11-15)13-28-19-10-7-17(24)12-20(19)29(22(28)31)18-8-5-16(6-9-18)23(25,26)27/h2-12H,13H2,1H3. The van der Waals surface area contributed by atoms with Gasteiger partial charge in [-0.15, -0.1) is 0 Å². The van der Waals surface area contributed by atoms with Crippen LogP contribution in [0, 0.1) is 0 Å². The highest BCUT2D eigenvalue weighted by Crippen LogP contribution is 2.30. The van der Waals surface area contributed by atoms with Gasteiger partial charge in [0.25, 0.3) is 0 Å². The van der Waals surface area contributed by atoms with Crippen LogP contribution >= 0.6 is 11.6 Å². The summed E-state index contributed by atoms with van der Waals surface area (Å²) >= 11 is 6.13. The Kier molecular flexibility index (Phi) is 5.56. The van der Waals surface area contributed by atoms with Crippen LogP contribution in [0.25, 0.3) is 16.7 Å². The van der Waals surface area contributed by atoms with Crippen molar-refractivity contribution in [2.45, 2.75) is 12.7 Å². The van der Waals surface area contributed by atoms with Crippen LogP contribution in [0.2, 0.25) is 5.02 Å². The summed E-state index contributed by atoms with van der Waals surface area (Å²) in [7, 11) is 1.28. The number of carbonyl (C=O) groups excluding carboxylic acids is 1. The molecule has 0 saturated heterocycles. The van der Waals surface area contributed by atoms with E-state index in [1.165, 1.54) is 28.4 Å². The van der Waals surface area contributed by atoms with Gasteiger partial charge in [0, 0.05) is 5.02 Å². The monoisotopic (exact) mass is 460 g/mol. The first kappa shape index (κ1) is 21.7. The number of hydrogen-bond donors (Lipinski definition) is 0. The van der Waals surface area contributed by atoms with E-state index in [-0.39, 0.29) is 12.2 Å². The Balaban J connectivity index is 1.85. The van der Waals surface area contributed by atoms with Crippen LogP contribution in [-0.2, 0) is 17.5 Å². The molecule has 0 bridgehead atoms. The van der Waals surface area contributed by atoms with Crippen molar-refractivity contribution in [3.8, 4) is 5.69 Å². The second-order valence-corrected chi connectivity index (χ2v) is 7.51. The predicted molar refractivity (Wildman–Crippen MR) is 114 cm³/mol. The maximum absolute atomic E-state index is 13.3. The van der Waals surface area contributed by atoms with Gasteiger partial charge in [-0.05, 0) is 60.2 Å². The van der Waals surface area contributed by atoms with E-state index in [1.54, 1.807) is 42.5 Å². The molecule has 4 aromatic rings. The molecule has 0 aliphatic heterocycles. The van der Waals surface area contributed by atoms with Crippen LogP contribution < -0.4 is 5.69 Å². The van der Waals surface area contributed by atoms with Crippen molar-refractivity contribution in [3.63, 3.8) is 0 Å². The van der Waals surface area contributed by atoms with Gasteiger partial charge in [-0.3, -0.25) is 9.13 Å². The van der Waals surface area contributed by atoms with Crippen molar-refractivity contribution >= 4 is 28.6 Å². The molecule has 9 heteroatoms. The quantitative estimate of drug-likeness (QED) is 0.388. The molecule has 0 radical (unpaired) electrons. The Hall–Kier alpha value is -3.52. The first-order valence-electron chi connectivity index (χ1n) is 9.45. The Morgan fingerprint density at radius 2 is 1.72 bits per heavy atom. The number of aromatic nitrogens is 2. The van der Waals surface area contributed by atoms with Crippen LogP contribution in [0.1, 0.15) is 21.5 Å². The van der Waals surface area contributed by atoms with E-state index in [9.17, 15) is 22.8 Å². The largest absolute Gasteiger partial charge is 0.465 e. The van der Waals surface area contributed by atoms with Crippen LogP contribution in [0.4, 0.5) is 13.2 Å². The summed E-state index contributed by atoms with van der Waals surface area (Å²) in [6, 6.07) is 15.9. The number of ether oxygens (including phenoxy) is 1. The average molecular weight is 461 g/mol. The SMILES string of the molecule is COC(=O)c1cccc(Cn2c(=O)n(-c3ccc(C(F)(F)F)cc3)c3cc(Cl)ccc32)c1. The fourth-order valence-corrected chi connectivity index (χ4v) is 3.70. The molecule has 0 unspecified atom stereocenters. The van der Waals surface area contributed by atoms with Crippen molar-refractivity contribution in [2.24, 2.45) is 0 Å². The number of hydrogen-bond acceptors (Lipinski definition) is 3. The maximum atomic E-state index is 13.3. The van der Waals surface area contributed by atoms with Gasteiger partial charge < -0.3 is 4.74 Å². The molecule has 32 heavy (non-hydrogen) atoms. The van der Waals surface area contributed by atoms with Gasteiger partial charge in [0.1, 0.15) is 0 Å². The summed E-state index contributed by atoms with van der Waals surface area (Å²) in [5.41, 5.74) is 1.02. The average Bonchev–Trinajstić information content (AvgIpc) is 3.03. The summed E-state index contributed by atoms with van der Waals surface area (Å²) in [5, 5.41) is 0.378. The Bertz CT molecular complexity index is 1370. The first-order chi connectivity index (χ1) is 15.2. The van der Waals surface area contributed by atoms with Gasteiger partial charge >= 0.3 is 17.8 Å². The van der Waals surface area contributed by atoms with Crippen molar-refractivity contribution in [1.29, 1.82) is 0 Å². The van der Waals surface area contributed by atoms with Gasteiger partial charge in [0.15, 0.2) is 0 Å². The number of halogens is 4. The second-order valence-electron chi connectivity index (χ2n) is 7.07. The van der Waals surface area contributed by atoms with Gasteiger partial charge in [0.05, 0.1) is 41.5 Å². The van der Waals surface area contributed by atoms with Crippen LogP contribution in [0.5, 0.6) is 0 Å². The molecule has 0 fully saturated rings. The Labute approximate surface area is 185 Å². The molecular formula is C23H16ClF3N2O3. The van der Waals surface area contributed by atoms with E-state index in [0.717, 1.165) is 12.1 Å². The number of methoxy groups -OCH3 is 1. The van der Waals surface area contributed by atoms with E-state index in [4.69, 9.17) is 16.3 Å². The molecule has 0 atom stereocenters. The lowest BCUT2D eigenvalue weighted by molar-refractivity contribution is -0.137. The zero-order valence-corrected chi connectivity index (χ0v) is 17.4. The summed E-state index contributed by atoms with van der Waals surface area (Å²) in [6.07, 6.45) is -4.48. The molecule has 0 N–H and O–H groups in total. The van der Waals surface area contributed by atoms with E-state index < -0.39 is 23.4 Å². The fourth-order valence-electron chi connectivity index (χ4n) is 3.53. The highest BCUT2D eigenvalue weighted by Gasteiger charge is 2.30. The third kappa shape index (κ3) is 4.01. The number of imidazole rings is 1. The van der Waals surface area contributed by atoms with Crippen LogP contribution in [0.3, 0.4) is 0 Å². The third-order valence-corrected chi connectivity index (χ3v) is 5.27. The smallest absolute Gasteiger partial charge is 0.416 e. The molecule has 0 aliphatic carbocycles. The van der Waals surface area contributed by atoms with E-state index in [2.05, 4.69) is 0 Å². The second kappa shape index (κ2) is 8.20. The van der Waals surface area contributed by atoms with Gasteiger partial charge in [-0.1, -0.05) is 23.7 Å². The molecule has 0 spiro atoms. The van der Waals surface area contributed by atoms with Crippen LogP contribution in [-0.4, -0.2) is 22.2 Å². The van der Waals surface area contributed by atoms with Crippen molar-refractivity contribution in [1.82, 2.24) is 9.13 Å². The minimum absolute atomic E-state index is 0.134. The normalized spacial score (nSPS) is 11.7. The van der Waals surface area contributed by atoms with Gasteiger partial charge in [0.2, 0.25) is 0 Å². The maximum Gasteiger partial charge on any atom is 0.416 e. The zero-order valence-electron chi connectivity index (χ0n) is 16.7. The third-order valence-electron chi connectivity index (χ3n) is 5.03. The number of fused-ring (bicyclic) bond motifs is 1. The lowest BCUT2D eigenvalue weighted by atomic mass is 10.1. The zero-order chi connectivity index (χ0) is 23.0. The predicted octanol–water partition coefficient (Wildman–Crippen LogP) is 5.30. The molecule has 4 rings (SSSR count). The number of alkyl halides is 3. The van der Waals surface area contributed by atoms with Gasteiger partial charge in [-0.25, -0.2) is 9.59 Å². The van der Waals surface area contributed by atoms with Crippen molar-refractivity contribution in [2.75, 3.05) is 7.11 Å². The number of benzene rings is 3. The fraction of sp³-hybridized carbons (Fsp3) is 0.130. The van der Waals surface area contributed by atoms with Crippen molar-refractivity contribution in [3.05, 3.63) is 98.9 Å². The number of nitrogens with zero attached hydrogens (tertiary/aromatic N) is 2. The molecule has 0 saturated carbocycles. The number of esters is 1. The van der Waals surface area contributed by atoms with Crippen LogP contribution in [0.15, 0.2) is 71.5 Å². The molecule has 0 aliphatic rings. The molecule has 5 nitrogen and oxygen atoms in total. The van der Waals surface area contributed by atoms with E-state index >= 15 is 0 Å².